The maximum atomic E-state index is 11.6. The third kappa shape index (κ3) is 7.21. The van der Waals surface area contributed by atoms with Gasteiger partial charge in [0.2, 0.25) is 10.0 Å². The van der Waals surface area contributed by atoms with E-state index in [9.17, 15) is 18.8 Å². The van der Waals surface area contributed by atoms with Gasteiger partial charge < -0.3 is 25.4 Å². The van der Waals surface area contributed by atoms with Crippen LogP contribution in [0.25, 0.3) is 10.1 Å². The highest BCUT2D eigenvalue weighted by Gasteiger charge is 2.21. The number of likely N-dealkylation sites (tertiary alicyclic amines) is 1. The van der Waals surface area contributed by atoms with Gasteiger partial charge in [-0.05, 0) is 38.0 Å². The van der Waals surface area contributed by atoms with E-state index in [-0.39, 0.29) is 17.4 Å². The van der Waals surface area contributed by atoms with Crippen molar-refractivity contribution in [2.24, 2.45) is 5.14 Å². The Morgan fingerprint density at radius 2 is 2.03 bits per heavy atom. The first-order valence-corrected chi connectivity index (χ1v) is 15.1. The minimum atomic E-state index is -3.83. The number of anilines is 2. The summed E-state index contributed by atoms with van der Waals surface area (Å²) in [7, 11) is -2.38. The van der Waals surface area contributed by atoms with Gasteiger partial charge in [-0.1, -0.05) is 24.0 Å². The number of β-amino-alcohol motifs (C(OH)–C–C–N with tert-alkyl or cyclic N) is 1. The number of methoxy groups -OCH3 is 1. The summed E-state index contributed by atoms with van der Waals surface area (Å²) in [6.07, 6.45) is 1.95. The van der Waals surface area contributed by atoms with Gasteiger partial charge in [0.25, 0.3) is 0 Å². The summed E-state index contributed by atoms with van der Waals surface area (Å²) in [5.74, 6) is 6.70. The van der Waals surface area contributed by atoms with Gasteiger partial charge in [-0.3, -0.25) is 0 Å². The summed E-state index contributed by atoms with van der Waals surface area (Å²) in [6, 6.07) is 13.1. The number of piperidine rings is 1. The average Bonchev–Trinajstić information content (AvgIpc) is 3.25. The van der Waals surface area contributed by atoms with Gasteiger partial charge in [0.05, 0.1) is 58.1 Å². The molecule has 0 bridgehead atoms. The molecule has 39 heavy (non-hydrogen) atoms. The fraction of sp³-hybridized carbons (Fsp3) is 0.393. The number of hydrogen-bond donors (Lipinski definition) is 4. The lowest BCUT2D eigenvalue weighted by Crippen LogP contribution is -2.41. The summed E-state index contributed by atoms with van der Waals surface area (Å²) in [4.78, 5) is 3.12. The quantitative estimate of drug-likeness (QED) is 0.289. The second-order valence-electron chi connectivity index (χ2n) is 9.56. The van der Waals surface area contributed by atoms with Crippen LogP contribution in [0, 0.1) is 23.2 Å². The lowest BCUT2D eigenvalue weighted by atomic mass is 10.0. The first-order valence-electron chi connectivity index (χ1n) is 12.7. The van der Waals surface area contributed by atoms with Crippen molar-refractivity contribution < 1.29 is 18.3 Å². The number of sulfonamides is 1. The van der Waals surface area contributed by atoms with Crippen molar-refractivity contribution in [3.05, 3.63) is 46.8 Å². The number of nitrogens with two attached hydrogens (primary N) is 1. The van der Waals surface area contributed by atoms with Crippen LogP contribution in [-0.2, 0) is 16.4 Å². The molecule has 3 aromatic rings. The summed E-state index contributed by atoms with van der Waals surface area (Å²) >= 11 is 1.58. The van der Waals surface area contributed by atoms with E-state index in [0.717, 1.165) is 52.1 Å². The number of nitriles is 1. The Hall–Kier alpha value is -3.32. The number of ether oxygens (including phenoxy) is 1. The number of aliphatic hydroxyl groups is 1. The van der Waals surface area contributed by atoms with Gasteiger partial charge in [0.1, 0.15) is 5.75 Å². The molecule has 206 valence electrons. The maximum absolute atomic E-state index is 11.6. The van der Waals surface area contributed by atoms with Crippen LogP contribution in [0.4, 0.5) is 11.4 Å². The number of nitrogens with one attached hydrogen (secondary N) is 2. The molecule has 0 spiro atoms. The van der Waals surface area contributed by atoms with Gasteiger partial charge in [0, 0.05) is 42.7 Å². The molecule has 9 nitrogen and oxygen atoms in total. The molecule has 11 heteroatoms. The maximum Gasteiger partial charge on any atom is 0.238 e. The van der Waals surface area contributed by atoms with Crippen LogP contribution in [0.3, 0.4) is 0 Å². The largest absolute Gasteiger partial charge is 0.495 e. The van der Waals surface area contributed by atoms with Crippen molar-refractivity contribution in [2.45, 2.75) is 43.2 Å². The Labute approximate surface area is 233 Å². The van der Waals surface area contributed by atoms with E-state index in [1.54, 1.807) is 17.4 Å². The van der Waals surface area contributed by atoms with Crippen LogP contribution >= 0.6 is 11.3 Å². The highest BCUT2D eigenvalue weighted by atomic mass is 32.2. The van der Waals surface area contributed by atoms with Crippen LogP contribution < -0.4 is 20.5 Å². The highest BCUT2D eigenvalue weighted by Crippen LogP contribution is 2.37. The van der Waals surface area contributed by atoms with E-state index >= 15 is 0 Å². The van der Waals surface area contributed by atoms with Crippen LogP contribution in [0.2, 0.25) is 0 Å². The van der Waals surface area contributed by atoms with E-state index in [0.29, 0.717) is 30.6 Å². The van der Waals surface area contributed by atoms with Crippen LogP contribution in [0.15, 0.2) is 41.3 Å². The van der Waals surface area contributed by atoms with Gasteiger partial charge >= 0.3 is 0 Å². The molecule has 1 atom stereocenters. The van der Waals surface area contributed by atoms with Crippen molar-refractivity contribution in [3.8, 4) is 23.7 Å². The zero-order valence-corrected chi connectivity index (χ0v) is 23.7. The topological polar surface area (TPSA) is 141 Å². The molecule has 1 saturated heterocycles. The van der Waals surface area contributed by atoms with Crippen LogP contribution in [-0.4, -0.2) is 63.9 Å². The summed E-state index contributed by atoms with van der Waals surface area (Å²) in [5.41, 5.74) is 2.57. The molecule has 0 saturated carbocycles. The van der Waals surface area contributed by atoms with Crippen molar-refractivity contribution in [2.75, 3.05) is 43.9 Å². The minimum absolute atomic E-state index is 0.0304. The molecule has 0 amide bonds. The molecular formula is C28H33N5O4S2. The molecule has 4 rings (SSSR count). The lowest BCUT2D eigenvalue weighted by molar-refractivity contribution is 0.111. The van der Waals surface area contributed by atoms with Crippen molar-refractivity contribution in [1.82, 2.24) is 4.90 Å². The smallest absolute Gasteiger partial charge is 0.238 e. The SMILES string of the molecule is COc1cc(S(N)(=O)=O)ccc1NCC#Cc1sc2c(NC3CCN(CC(C)O)CC3)cccc2c1CC#N. The summed E-state index contributed by atoms with van der Waals surface area (Å²) < 4.78 is 29.6. The van der Waals surface area contributed by atoms with Gasteiger partial charge in [-0.15, -0.1) is 11.3 Å². The summed E-state index contributed by atoms with van der Waals surface area (Å²) in [6.45, 7) is 4.71. The molecule has 0 radical (unpaired) electrons. The Kier molecular flexibility index (Phi) is 9.33. The zero-order valence-electron chi connectivity index (χ0n) is 22.0. The summed E-state index contributed by atoms with van der Waals surface area (Å²) in [5, 5.41) is 32.3. The Balaban J connectivity index is 1.50. The predicted octanol–water partition coefficient (Wildman–Crippen LogP) is 3.34. The first kappa shape index (κ1) is 28.7. The molecule has 1 aromatic heterocycles. The van der Waals surface area contributed by atoms with Crippen molar-refractivity contribution >= 4 is 42.8 Å². The van der Waals surface area contributed by atoms with E-state index in [1.165, 1.54) is 19.2 Å². The number of aliphatic hydroxyl groups excluding tert-OH is 1. The first-order chi connectivity index (χ1) is 18.7. The van der Waals surface area contributed by atoms with Crippen LogP contribution in [0.5, 0.6) is 5.75 Å². The van der Waals surface area contributed by atoms with Gasteiger partial charge in [-0.25, -0.2) is 13.6 Å². The monoisotopic (exact) mass is 567 g/mol. The van der Waals surface area contributed by atoms with E-state index in [2.05, 4.69) is 39.5 Å². The number of fused-ring (bicyclic) bond motifs is 1. The van der Waals surface area contributed by atoms with Crippen molar-refractivity contribution in [1.29, 1.82) is 5.26 Å². The average molecular weight is 568 g/mol. The third-order valence-corrected chi connectivity index (χ3v) is 8.72. The number of rotatable bonds is 9. The molecule has 1 unspecified atom stereocenters. The number of primary sulfonamides is 1. The van der Waals surface area contributed by atoms with Crippen LogP contribution in [0.1, 0.15) is 30.2 Å². The molecule has 2 aromatic carbocycles. The Morgan fingerprint density at radius 3 is 2.69 bits per heavy atom. The number of nitrogens with zero attached hydrogens (tertiary/aromatic N) is 2. The molecule has 0 aliphatic carbocycles. The van der Waals surface area contributed by atoms with Crippen molar-refractivity contribution in [3.63, 3.8) is 0 Å². The molecule has 5 N–H and O–H groups in total. The third-order valence-electron chi connectivity index (χ3n) is 6.61. The fourth-order valence-electron chi connectivity index (χ4n) is 4.75. The number of thiophene rings is 1. The standard InChI is InChI=1S/C28H33N5O4S2/c1-19(34)18-33-15-11-20(12-16-33)32-25-6-3-5-23-22(10-13-29)27(38-28(23)25)7-4-14-31-24-9-8-21(39(30,35)36)17-26(24)37-2/h3,5-6,8-9,17,19-20,31-32,34H,10-12,14-16,18H2,1-2H3,(H2,30,35,36). The minimum Gasteiger partial charge on any atom is -0.495 e. The zero-order chi connectivity index (χ0) is 28.0. The lowest BCUT2D eigenvalue weighted by Gasteiger charge is -2.33. The molecule has 1 aliphatic rings. The number of benzene rings is 2. The number of hydrogen-bond acceptors (Lipinski definition) is 9. The fourth-order valence-corrected chi connectivity index (χ4v) is 6.45. The highest BCUT2D eigenvalue weighted by molar-refractivity contribution is 7.89. The van der Waals surface area contributed by atoms with Gasteiger partial charge in [0.15, 0.2) is 0 Å². The van der Waals surface area contributed by atoms with Gasteiger partial charge in [-0.2, -0.15) is 5.26 Å². The molecular weight excluding hydrogens is 534 g/mol. The van der Waals surface area contributed by atoms with E-state index in [4.69, 9.17) is 9.88 Å². The Bertz CT molecular complexity index is 1520. The Morgan fingerprint density at radius 1 is 1.26 bits per heavy atom. The molecule has 1 aliphatic heterocycles. The molecule has 1 fully saturated rings. The normalized spacial score (nSPS) is 15.3. The predicted molar refractivity (Wildman–Crippen MR) is 156 cm³/mol. The molecule has 2 heterocycles. The second kappa shape index (κ2) is 12.7. The van der Waals surface area contributed by atoms with E-state index < -0.39 is 10.0 Å². The van der Waals surface area contributed by atoms with E-state index in [1.807, 2.05) is 19.1 Å². The second-order valence-corrected chi connectivity index (χ2v) is 12.1.